The van der Waals surface area contributed by atoms with Gasteiger partial charge >= 0.3 is 0 Å². The first-order chi connectivity index (χ1) is 13.4. The molecule has 3 aromatic heterocycles. The van der Waals surface area contributed by atoms with Gasteiger partial charge in [0.05, 0.1) is 12.2 Å². The highest BCUT2D eigenvalue weighted by Crippen LogP contribution is 2.36. The van der Waals surface area contributed by atoms with Crippen LogP contribution < -0.4 is 9.47 Å². The fourth-order valence-electron chi connectivity index (χ4n) is 3.14. The zero-order valence-electron chi connectivity index (χ0n) is 14.5. The molecular formula is C21H17N3O3. The molecule has 27 heavy (non-hydrogen) atoms. The van der Waals surface area contributed by atoms with Crippen molar-refractivity contribution in [3.05, 3.63) is 72.8 Å². The maximum Gasteiger partial charge on any atom is 0.176 e. The third kappa shape index (κ3) is 3.06. The molecule has 0 saturated carbocycles. The van der Waals surface area contributed by atoms with Crippen molar-refractivity contribution >= 4 is 0 Å². The highest BCUT2D eigenvalue weighted by atomic mass is 16.6. The monoisotopic (exact) mass is 359 g/mol. The highest BCUT2D eigenvalue weighted by Gasteiger charge is 2.16. The Morgan fingerprint density at radius 3 is 2.63 bits per heavy atom. The van der Waals surface area contributed by atoms with E-state index in [1.165, 1.54) is 0 Å². The minimum atomic E-state index is 0.560. The molecule has 0 N–H and O–H groups in total. The zero-order valence-corrected chi connectivity index (χ0v) is 14.5. The summed E-state index contributed by atoms with van der Waals surface area (Å²) in [7, 11) is 0. The lowest BCUT2D eigenvalue weighted by Crippen LogP contribution is -2.15. The molecule has 0 saturated heterocycles. The van der Waals surface area contributed by atoms with Gasteiger partial charge in [-0.15, -0.1) is 0 Å². The normalized spacial score (nSPS) is 12.9. The largest absolute Gasteiger partial charge is 0.486 e. The Labute approximate surface area is 156 Å². The maximum atomic E-state index is 6.08. The third-order valence-corrected chi connectivity index (χ3v) is 4.43. The van der Waals surface area contributed by atoms with E-state index in [1.807, 2.05) is 59.3 Å². The molecule has 1 aliphatic rings. The van der Waals surface area contributed by atoms with E-state index in [1.54, 1.807) is 12.4 Å². The number of fused-ring (bicyclic) bond motifs is 1. The number of nitrogens with zero attached hydrogens (tertiary/aromatic N) is 3. The van der Waals surface area contributed by atoms with Crippen LogP contribution in [0, 0.1) is 0 Å². The van der Waals surface area contributed by atoms with Gasteiger partial charge in [-0.3, -0.25) is 4.98 Å². The second-order valence-corrected chi connectivity index (χ2v) is 6.22. The molecule has 0 unspecified atom stereocenters. The molecule has 0 bridgehead atoms. The van der Waals surface area contributed by atoms with Crippen molar-refractivity contribution < 1.29 is 13.9 Å². The first-order valence-electron chi connectivity index (χ1n) is 8.78. The van der Waals surface area contributed by atoms with Gasteiger partial charge in [-0.25, -0.2) is 4.98 Å². The number of benzene rings is 1. The summed E-state index contributed by atoms with van der Waals surface area (Å²) in [5.74, 6) is 3.75. The molecule has 0 aliphatic carbocycles. The fraction of sp³-hybridized carbons (Fsp3) is 0.143. The Kier molecular flexibility index (Phi) is 3.86. The Morgan fingerprint density at radius 2 is 1.74 bits per heavy atom. The van der Waals surface area contributed by atoms with Gasteiger partial charge in [0.15, 0.2) is 23.1 Å². The molecule has 5 rings (SSSR count). The van der Waals surface area contributed by atoms with E-state index in [9.17, 15) is 0 Å². The second kappa shape index (κ2) is 6.64. The number of rotatable bonds is 4. The number of imidazole rings is 1. The van der Waals surface area contributed by atoms with Crippen LogP contribution in [0.5, 0.6) is 11.5 Å². The molecule has 0 fully saturated rings. The number of furan rings is 1. The van der Waals surface area contributed by atoms with Crippen LogP contribution in [0.4, 0.5) is 0 Å². The summed E-state index contributed by atoms with van der Waals surface area (Å²) in [4.78, 5) is 8.83. The van der Waals surface area contributed by atoms with Crippen molar-refractivity contribution in [1.82, 2.24) is 14.5 Å². The molecule has 4 aromatic rings. The lowest BCUT2D eigenvalue weighted by atomic mass is 10.1. The standard InChI is InChI=1S/C21H17N3O3/c1-2-8-22-16(3-1)14-24-10-9-23-21(24)19-7-6-17(27-19)15-4-5-18-20(13-15)26-12-11-25-18/h1-10,13H,11-12,14H2. The second-order valence-electron chi connectivity index (χ2n) is 6.22. The van der Waals surface area contributed by atoms with E-state index >= 15 is 0 Å². The van der Waals surface area contributed by atoms with Crippen LogP contribution in [0.25, 0.3) is 22.9 Å². The van der Waals surface area contributed by atoms with Crippen molar-refractivity contribution in [2.75, 3.05) is 13.2 Å². The van der Waals surface area contributed by atoms with Gasteiger partial charge in [-0.1, -0.05) is 6.07 Å². The summed E-state index contributed by atoms with van der Waals surface area (Å²) in [5, 5.41) is 0. The first kappa shape index (κ1) is 15.7. The van der Waals surface area contributed by atoms with Gasteiger partial charge in [0, 0.05) is 24.2 Å². The third-order valence-electron chi connectivity index (χ3n) is 4.43. The smallest absolute Gasteiger partial charge is 0.176 e. The number of pyridine rings is 1. The van der Waals surface area contributed by atoms with E-state index in [-0.39, 0.29) is 0 Å². The lowest BCUT2D eigenvalue weighted by molar-refractivity contribution is 0.171. The van der Waals surface area contributed by atoms with E-state index in [2.05, 4.69) is 9.97 Å². The number of ether oxygens (including phenoxy) is 2. The minimum Gasteiger partial charge on any atom is -0.486 e. The summed E-state index contributed by atoms with van der Waals surface area (Å²) >= 11 is 0. The molecule has 1 aliphatic heterocycles. The predicted molar refractivity (Wildman–Crippen MR) is 99.7 cm³/mol. The van der Waals surface area contributed by atoms with Crippen LogP contribution >= 0.6 is 0 Å². The van der Waals surface area contributed by atoms with E-state index < -0.39 is 0 Å². The summed E-state index contributed by atoms with van der Waals surface area (Å²) in [5.41, 5.74) is 1.91. The average Bonchev–Trinajstić information content (AvgIpc) is 3.38. The molecule has 134 valence electrons. The summed E-state index contributed by atoms with van der Waals surface area (Å²) in [6.07, 6.45) is 5.49. The number of hydrogen-bond acceptors (Lipinski definition) is 5. The van der Waals surface area contributed by atoms with Crippen molar-refractivity contribution in [3.8, 4) is 34.4 Å². The fourth-order valence-corrected chi connectivity index (χ4v) is 3.14. The summed E-state index contributed by atoms with van der Waals surface area (Å²) in [6, 6.07) is 15.6. The van der Waals surface area contributed by atoms with E-state index in [0.717, 1.165) is 34.3 Å². The SMILES string of the molecule is c1ccc(Cn2ccnc2-c2ccc(-c3ccc4c(c3)OCCO4)o2)nc1. The zero-order chi connectivity index (χ0) is 18.1. The minimum absolute atomic E-state index is 0.560. The van der Waals surface area contributed by atoms with E-state index in [0.29, 0.717) is 25.5 Å². The number of hydrogen-bond donors (Lipinski definition) is 0. The van der Waals surface area contributed by atoms with Gasteiger partial charge in [-0.05, 0) is 42.5 Å². The molecule has 1 aromatic carbocycles. The quantitative estimate of drug-likeness (QED) is 0.551. The molecule has 4 heterocycles. The summed E-state index contributed by atoms with van der Waals surface area (Å²) < 4.78 is 19.3. The molecule has 0 spiro atoms. The average molecular weight is 359 g/mol. The van der Waals surface area contributed by atoms with Gasteiger partial charge in [0.1, 0.15) is 19.0 Å². The van der Waals surface area contributed by atoms with Crippen LogP contribution in [0.15, 0.2) is 71.5 Å². The van der Waals surface area contributed by atoms with Crippen LogP contribution in [-0.4, -0.2) is 27.7 Å². The highest BCUT2D eigenvalue weighted by molar-refractivity contribution is 5.65. The molecule has 6 nitrogen and oxygen atoms in total. The van der Waals surface area contributed by atoms with Crippen molar-refractivity contribution in [2.24, 2.45) is 0 Å². The van der Waals surface area contributed by atoms with Crippen LogP contribution in [0.1, 0.15) is 5.69 Å². The van der Waals surface area contributed by atoms with Crippen LogP contribution in [0.2, 0.25) is 0 Å². The van der Waals surface area contributed by atoms with Gasteiger partial charge in [0.25, 0.3) is 0 Å². The Morgan fingerprint density at radius 1 is 0.852 bits per heavy atom. The molecular weight excluding hydrogens is 342 g/mol. The molecule has 0 atom stereocenters. The molecule has 0 radical (unpaired) electrons. The van der Waals surface area contributed by atoms with Crippen molar-refractivity contribution in [2.45, 2.75) is 6.54 Å². The molecule has 6 heteroatoms. The summed E-state index contributed by atoms with van der Waals surface area (Å²) in [6.45, 7) is 1.78. The van der Waals surface area contributed by atoms with Gasteiger partial charge in [-0.2, -0.15) is 0 Å². The van der Waals surface area contributed by atoms with Crippen molar-refractivity contribution in [3.63, 3.8) is 0 Å². The maximum absolute atomic E-state index is 6.08. The first-order valence-corrected chi connectivity index (χ1v) is 8.78. The van der Waals surface area contributed by atoms with Crippen molar-refractivity contribution in [1.29, 1.82) is 0 Å². The Bertz CT molecular complexity index is 1070. The van der Waals surface area contributed by atoms with Gasteiger partial charge in [0.2, 0.25) is 0 Å². The molecule has 0 amide bonds. The topological polar surface area (TPSA) is 62.3 Å². The Balaban J connectivity index is 1.44. The van der Waals surface area contributed by atoms with Crippen LogP contribution in [-0.2, 0) is 6.54 Å². The Hall–Kier alpha value is -3.54. The van der Waals surface area contributed by atoms with Crippen LogP contribution in [0.3, 0.4) is 0 Å². The number of aromatic nitrogens is 3. The van der Waals surface area contributed by atoms with E-state index in [4.69, 9.17) is 13.9 Å². The lowest BCUT2D eigenvalue weighted by Gasteiger charge is -2.18. The van der Waals surface area contributed by atoms with Gasteiger partial charge < -0.3 is 18.5 Å². The predicted octanol–water partition coefficient (Wildman–Crippen LogP) is 4.02.